The van der Waals surface area contributed by atoms with Gasteiger partial charge in [0.2, 0.25) is 5.82 Å². The number of hydrogen-bond donors (Lipinski definition) is 0. The monoisotopic (exact) mass is 619 g/mol. The smallest absolute Gasteiger partial charge is 0.346 e. The summed E-state index contributed by atoms with van der Waals surface area (Å²) in [5.41, 5.74) is 1.31. The molecule has 0 radical (unpaired) electrons. The van der Waals surface area contributed by atoms with Crippen molar-refractivity contribution in [2.45, 2.75) is 20.0 Å². The fraction of sp³-hybridized carbons (Fsp3) is 0.200. The molecule has 0 fully saturated rings. The van der Waals surface area contributed by atoms with Gasteiger partial charge in [-0.15, -0.1) is 0 Å². The minimum atomic E-state index is -0.859. The molecule has 0 aliphatic rings. The van der Waals surface area contributed by atoms with E-state index in [0.29, 0.717) is 56.1 Å². The molecule has 0 amide bonds. The lowest BCUT2D eigenvalue weighted by Gasteiger charge is -2.17. The van der Waals surface area contributed by atoms with Gasteiger partial charge >= 0.3 is 5.97 Å². The van der Waals surface area contributed by atoms with Crippen LogP contribution in [-0.2, 0) is 9.53 Å². The van der Waals surface area contributed by atoms with Crippen LogP contribution in [-0.4, -0.2) is 48.8 Å². The number of ether oxygens (including phenoxy) is 4. The van der Waals surface area contributed by atoms with Crippen molar-refractivity contribution in [2.24, 2.45) is 5.10 Å². The standard InChI is InChI=1S/C30H26BrN3O7/c1-5-39-25-14-18(13-21(31)27(25)40-17(2)30(36)38-4)16-32-34-28(33-22-10-7-6-9-19(22)29(34)35)26-15-20-23(37-3)11-8-12-24(20)41-26/h6-17H,5H2,1-4H3/t17-/m1/s1. The number of methoxy groups -OCH3 is 2. The number of esters is 1. The Balaban J connectivity index is 1.62. The van der Waals surface area contributed by atoms with Gasteiger partial charge in [-0.1, -0.05) is 18.2 Å². The van der Waals surface area contributed by atoms with Crippen LogP contribution in [0.1, 0.15) is 19.4 Å². The van der Waals surface area contributed by atoms with Gasteiger partial charge < -0.3 is 23.4 Å². The third-order valence-electron chi connectivity index (χ3n) is 6.20. The highest BCUT2D eigenvalue weighted by atomic mass is 79.9. The molecule has 2 heterocycles. The number of furan rings is 1. The van der Waals surface area contributed by atoms with Gasteiger partial charge in [0.1, 0.15) is 11.3 Å². The largest absolute Gasteiger partial charge is 0.496 e. The number of hydrogen-bond acceptors (Lipinski definition) is 9. The van der Waals surface area contributed by atoms with Gasteiger partial charge in [0.05, 0.1) is 47.8 Å². The Hall–Kier alpha value is -4.64. The molecule has 0 bridgehead atoms. The molecule has 0 unspecified atom stereocenters. The highest BCUT2D eigenvalue weighted by Gasteiger charge is 2.21. The van der Waals surface area contributed by atoms with E-state index >= 15 is 0 Å². The SMILES string of the molecule is CCOc1cc(C=Nn2c(-c3cc4c(OC)cccc4o3)nc3ccccc3c2=O)cc(Br)c1O[C@H](C)C(=O)OC. The molecule has 0 N–H and O–H groups in total. The van der Waals surface area contributed by atoms with Crippen molar-refractivity contribution in [2.75, 3.05) is 20.8 Å². The Bertz CT molecular complexity index is 1840. The molecule has 1 atom stereocenters. The number of carbonyl (C=O) groups excluding carboxylic acids is 1. The van der Waals surface area contributed by atoms with Crippen molar-refractivity contribution >= 4 is 50.0 Å². The summed E-state index contributed by atoms with van der Waals surface area (Å²) in [5, 5.41) is 5.67. The van der Waals surface area contributed by atoms with E-state index in [1.807, 2.05) is 31.2 Å². The highest BCUT2D eigenvalue weighted by molar-refractivity contribution is 9.10. The number of halogens is 1. The Kier molecular flexibility index (Phi) is 8.06. The van der Waals surface area contributed by atoms with Crippen LogP contribution in [0.2, 0.25) is 0 Å². The van der Waals surface area contributed by atoms with E-state index in [-0.39, 0.29) is 11.4 Å². The van der Waals surface area contributed by atoms with Crippen LogP contribution >= 0.6 is 15.9 Å². The van der Waals surface area contributed by atoms with Crippen molar-refractivity contribution in [3.63, 3.8) is 0 Å². The summed E-state index contributed by atoms with van der Waals surface area (Å²) in [6, 6.07) is 17.7. The molecule has 210 valence electrons. The number of aromatic nitrogens is 2. The van der Waals surface area contributed by atoms with E-state index in [2.05, 4.69) is 21.0 Å². The first-order chi connectivity index (χ1) is 19.8. The number of rotatable bonds is 9. The first-order valence-corrected chi connectivity index (χ1v) is 13.5. The number of nitrogens with zero attached hydrogens (tertiary/aromatic N) is 3. The zero-order chi connectivity index (χ0) is 29.1. The van der Waals surface area contributed by atoms with Gasteiger partial charge in [-0.25, -0.2) is 9.78 Å². The molecule has 10 nitrogen and oxygen atoms in total. The van der Waals surface area contributed by atoms with Gasteiger partial charge in [0.25, 0.3) is 5.56 Å². The molecule has 0 spiro atoms. The topological polar surface area (TPSA) is 114 Å². The van der Waals surface area contributed by atoms with Crippen molar-refractivity contribution in [1.82, 2.24) is 9.66 Å². The zero-order valence-electron chi connectivity index (χ0n) is 22.7. The van der Waals surface area contributed by atoms with E-state index in [1.165, 1.54) is 18.0 Å². The second kappa shape index (κ2) is 11.8. The van der Waals surface area contributed by atoms with Gasteiger partial charge in [-0.05, 0) is 77.8 Å². The lowest BCUT2D eigenvalue weighted by molar-refractivity contribution is -0.147. The molecule has 0 aliphatic heterocycles. The van der Waals surface area contributed by atoms with Gasteiger partial charge in [-0.3, -0.25) is 4.79 Å². The highest BCUT2D eigenvalue weighted by Crippen LogP contribution is 2.38. The Labute approximate surface area is 243 Å². The minimum Gasteiger partial charge on any atom is -0.496 e. The second-order valence-corrected chi connectivity index (χ2v) is 9.70. The maximum atomic E-state index is 13.6. The first kappa shape index (κ1) is 27.9. The third kappa shape index (κ3) is 5.53. The molecule has 0 saturated carbocycles. The fourth-order valence-electron chi connectivity index (χ4n) is 4.27. The number of benzene rings is 3. The molecular formula is C30H26BrN3O7. The first-order valence-electron chi connectivity index (χ1n) is 12.7. The molecule has 5 rings (SSSR count). The molecule has 41 heavy (non-hydrogen) atoms. The summed E-state index contributed by atoms with van der Waals surface area (Å²) in [4.78, 5) is 30.3. The van der Waals surface area contributed by atoms with Crippen LogP contribution < -0.4 is 19.8 Å². The summed E-state index contributed by atoms with van der Waals surface area (Å²) in [6.07, 6.45) is 0.646. The van der Waals surface area contributed by atoms with Crippen molar-refractivity contribution < 1.29 is 28.2 Å². The van der Waals surface area contributed by atoms with Crippen molar-refractivity contribution in [1.29, 1.82) is 0 Å². The van der Waals surface area contributed by atoms with Gasteiger partial charge in [-0.2, -0.15) is 9.78 Å². The van der Waals surface area contributed by atoms with E-state index in [4.69, 9.17) is 28.3 Å². The number of carbonyl (C=O) groups is 1. The lowest BCUT2D eigenvalue weighted by atomic mass is 10.2. The van der Waals surface area contributed by atoms with E-state index < -0.39 is 12.1 Å². The van der Waals surface area contributed by atoms with E-state index in [9.17, 15) is 9.59 Å². The van der Waals surface area contributed by atoms with Crippen LogP contribution in [0.4, 0.5) is 0 Å². The van der Waals surface area contributed by atoms with Crippen LogP contribution in [0.5, 0.6) is 17.2 Å². The van der Waals surface area contributed by atoms with Gasteiger partial charge in [0, 0.05) is 0 Å². The fourth-order valence-corrected chi connectivity index (χ4v) is 4.82. The van der Waals surface area contributed by atoms with Crippen LogP contribution in [0, 0.1) is 0 Å². The average Bonchev–Trinajstić information content (AvgIpc) is 3.42. The van der Waals surface area contributed by atoms with Crippen LogP contribution in [0.3, 0.4) is 0 Å². The van der Waals surface area contributed by atoms with Crippen molar-refractivity contribution in [3.8, 4) is 28.8 Å². The molecule has 3 aromatic carbocycles. The Morgan fingerprint density at radius 2 is 1.90 bits per heavy atom. The normalized spacial score (nSPS) is 12.1. The molecular weight excluding hydrogens is 594 g/mol. The minimum absolute atomic E-state index is 0.221. The van der Waals surface area contributed by atoms with E-state index in [1.54, 1.807) is 50.4 Å². The van der Waals surface area contributed by atoms with E-state index in [0.717, 1.165) is 5.39 Å². The zero-order valence-corrected chi connectivity index (χ0v) is 24.3. The second-order valence-electron chi connectivity index (χ2n) is 8.84. The maximum Gasteiger partial charge on any atom is 0.346 e. The summed E-state index contributed by atoms with van der Waals surface area (Å²) < 4.78 is 29.6. The molecule has 5 aromatic rings. The molecule has 0 aliphatic carbocycles. The molecule has 2 aromatic heterocycles. The Morgan fingerprint density at radius 1 is 1.10 bits per heavy atom. The molecule has 0 saturated heterocycles. The summed E-state index contributed by atoms with van der Waals surface area (Å²) in [7, 11) is 2.87. The number of fused-ring (bicyclic) bond motifs is 2. The van der Waals surface area contributed by atoms with Crippen LogP contribution in [0.25, 0.3) is 33.5 Å². The van der Waals surface area contributed by atoms with Crippen LogP contribution in [0.15, 0.2) is 79.4 Å². The predicted molar refractivity (Wildman–Crippen MR) is 158 cm³/mol. The quantitative estimate of drug-likeness (QED) is 0.150. The van der Waals surface area contributed by atoms with Crippen molar-refractivity contribution in [3.05, 3.63) is 81.1 Å². The predicted octanol–water partition coefficient (Wildman–Crippen LogP) is 5.80. The third-order valence-corrected chi connectivity index (χ3v) is 6.79. The Morgan fingerprint density at radius 3 is 2.66 bits per heavy atom. The number of para-hydroxylation sites is 1. The lowest BCUT2D eigenvalue weighted by Crippen LogP contribution is -2.25. The summed E-state index contributed by atoms with van der Waals surface area (Å²) in [5.74, 6) is 1.40. The summed E-state index contributed by atoms with van der Waals surface area (Å²) >= 11 is 3.50. The average molecular weight is 620 g/mol. The molecule has 11 heteroatoms. The van der Waals surface area contributed by atoms with Gasteiger partial charge in [0.15, 0.2) is 23.4 Å². The summed E-state index contributed by atoms with van der Waals surface area (Å²) in [6.45, 7) is 3.76. The maximum absolute atomic E-state index is 13.6.